The van der Waals surface area contributed by atoms with Crippen LogP contribution in [0.1, 0.15) is 0 Å². The van der Waals surface area contributed by atoms with Crippen molar-refractivity contribution in [2.24, 2.45) is 5.73 Å². The number of nitrogens with two attached hydrogens (primary N) is 1. The third-order valence-electron chi connectivity index (χ3n) is 0.706. The maximum absolute atomic E-state index is 10.8. The van der Waals surface area contributed by atoms with E-state index in [0.717, 1.165) is 0 Å². The summed E-state index contributed by atoms with van der Waals surface area (Å²) in [7, 11) is 2.32. The van der Waals surface area contributed by atoms with E-state index in [2.05, 4.69) is 6.58 Å². The molecular formula is C3H12N3O2P3. The molecule has 0 saturated carbocycles. The summed E-state index contributed by atoms with van der Waals surface area (Å²) in [5.74, 6) is 0.101. The third kappa shape index (κ3) is 7.04. The average molecular weight is 215 g/mol. The van der Waals surface area contributed by atoms with Crippen molar-refractivity contribution >= 4 is 24.8 Å². The van der Waals surface area contributed by atoms with E-state index in [9.17, 15) is 10.4 Å². The highest BCUT2D eigenvalue weighted by molar-refractivity contribution is 8.40. The van der Waals surface area contributed by atoms with E-state index in [1.54, 1.807) is 0 Å². The summed E-state index contributed by atoms with van der Waals surface area (Å²) in [6, 6.07) is 0. The van der Waals surface area contributed by atoms with E-state index in [4.69, 9.17) is 5.73 Å². The van der Waals surface area contributed by atoms with Gasteiger partial charge in [0.1, 0.15) is 16.8 Å². The van der Waals surface area contributed by atoms with E-state index in [1.165, 1.54) is 7.05 Å². The second-order valence-electron chi connectivity index (χ2n) is 1.79. The monoisotopic (exact) mass is 215 g/mol. The molecule has 0 rings (SSSR count). The highest BCUT2D eigenvalue weighted by atomic mass is 32.4. The molecule has 66 valence electrons. The van der Waals surface area contributed by atoms with Gasteiger partial charge in [-0.25, -0.2) is 0 Å². The average Bonchev–Trinajstić information content (AvgIpc) is 1.86. The van der Waals surface area contributed by atoms with Crippen molar-refractivity contribution in [2.75, 3.05) is 7.05 Å². The van der Waals surface area contributed by atoms with Gasteiger partial charge in [0, 0.05) is 7.96 Å². The molecule has 11 heavy (non-hydrogen) atoms. The molecule has 0 aliphatic carbocycles. The van der Waals surface area contributed by atoms with Gasteiger partial charge < -0.3 is 25.8 Å². The normalized spacial score (nSPS) is 19.2. The van der Waals surface area contributed by atoms with E-state index >= 15 is 0 Å². The van der Waals surface area contributed by atoms with Gasteiger partial charge in [-0.15, -0.1) is 0 Å². The Morgan fingerprint density at radius 1 is 1.45 bits per heavy atom. The third-order valence-corrected chi connectivity index (χ3v) is 6.59. The smallest absolute Gasteiger partial charge is 0.190 e. The Bertz CT molecular complexity index is 133. The molecule has 0 aromatic rings. The molecule has 0 radical (unpaired) electrons. The summed E-state index contributed by atoms with van der Waals surface area (Å²) in [4.78, 5) is 0.0309. The molecule has 0 aliphatic rings. The summed E-state index contributed by atoms with van der Waals surface area (Å²) >= 11 is 0. The minimum atomic E-state index is -0.114. The first-order valence-corrected chi connectivity index (χ1v) is 7.80. The lowest BCUT2D eigenvalue weighted by Gasteiger charge is -2.20. The molecule has 0 spiro atoms. The quantitative estimate of drug-likeness (QED) is 0.386. The zero-order valence-electron chi connectivity index (χ0n) is 6.10. The molecule has 0 aromatic heterocycles. The highest BCUT2D eigenvalue weighted by Crippen LogP contribution is 2.43. The van der Waals surface area contributed by atoms with Crippen molar-refractivity contribution in [3.05, 3.63) is 22.8 Å². The van der Waals surface area contributed by atoms with Gasteiger partial charge >= 0.3 is 0 Å². The molecular weight excluding hydrogens is 203 g/mol. The summed E-state index contributed by atoms with van der Waals surface area (Å²) in [5.41, 5.74) is 5.14. The Labute approximate surface area is 70.8 Å². The molecule has 5 atom stereocenters. The summed E-state index contributed by atoms with van der Waals surface area (Å²) in [6.45, 7) is 3.31. The summed E-state index contributed by atoms with van der Waals surface area (Å²) < 4.78 is 0. The first-order chi connectivity index (χ1) is 5.04. The highest BCUT2D eigenvalue weighted by Gasteiger charge is 2.00. The Morgan fingerprint density at radius 2 is 2.00 bits per heavy atom. The predicted octanol–water partition coefficient (Wildman–Crippen LogP) is -1.49. The maximum Gasteiger partial charge on any atom is 0.190 e. The van der Waals surface area contributed by atoms with Crippen molar-refractivity contribution in [2.45, 2.75) is 0 Å². The molecule has 5 nitrogen and oxygen atoms in total. The van der Waals surface area contributed by atoms with Gasteiger partial charge in [0.2, 0.25) is 0 Å². The SMILES string of the molecule is C=C(N)[NH+]([O-])PPP[NH+](C)[O-]. The second-order valence-corrected chi connectivity index (χ2v) is 8.19. The second kappa shape index (κ2) is 6.22. The predicted molar refractivity (Wildman–Crippen MR) is 52.9 cm³/mol. The standard InChI is InChI=1S/C3H12N3O2P3/c1-3(4)6(8)10-11-9-5(2)7/h5-6,9-11H,1,4H2,2H3. The van der Waals surface area contributed by atoms with Crippen LogP contribution in [0.15, 0.2) is 12.4 Å². The van der Waals surface area contributed by atoms with Crippen LogP contribution >= 0.6 is 24.8 Å². The lowest BCUT2D eigenvalue weighted by atomic mass is 10.9. The van der Waals surface area contributed by atoms with Gasteiger partial charge in [-0.05, 0) is 6.58 Å². The fourth-order valence-electron chi connectivity index (χ4n) is 0.256. The van der Waals surface area contributed by atoms with Crippen LogP contribution in [0.25, 0.3) is 0 Å². The number of quaternary nitrogens is 2. The minimum absolute atomic E-state index is 0.101. The van der Waals surface area contributed by atoms with Crippen LogP contribution in [0.2, 0.25) is 0 Å². The Kier molecular flexibility index (Phi) is 6.59. The molecule has 0 bridgehead atoms. The zero-order valence-corrected chi connectivity index (χ0v) is 9.10. The number of rotatable bonds is 5. The molecule has 8 heteroatoms. The molecule has 5 unspecified atom stereocenters. The van der Waals surface area contributed by atoms with E-state index < -0.39 is 0 Å². The van der Waals surface area contributed by atoms with Crippen molar-refractivity contribution in [3.63, 3.8) is 0 Å². The maximum atomic E-state index is 10.8. The Morgan fingerprint density at radius 3 is 2.36 bits per heavy atom. The van der Waals surface area contributed by atoms with Crippen LogP contribution in [0.5, 0.6) is 0 Å². The minimum Gasteiger partial charge on any atom is -0.633 e. The first kappa shape index (κ1) is 11.7. The molecule has 0 fully saturated rings. The van der Waals surface area contributed by atoms with Gasteiger partial charge in [-0.3, -0.25) is 0 Å². The molecule has 0 aromatic carbocycles. The van der Waals surface area contributed by atoms with Crippen LogP contribution < -0.4 is 15.4 Å². The van der Waals surface area contributed by atoms with Crippen molar-refractivity contribution in [3.8, 4) is 0 Å². The van der Waals surface area contributed by atoms with Crippen molar-refractivity contribution < 1.29 is 9.67 Å². The van der Waals surface area contributed by atoms with E-state index in [-0.39, 0.29) is 32.3 Å². The van der Waals surface area contributed by atoms with Gasteiger partial charge in [0.05, 0.1) is 7.05 Å². The van der Waals surface area contributed by atoms with Crippen LogP contribution in [0.3, 0.4) is 0 Å². The van der Waals surface area contributed by atoms with Gasteiger partial charge in [0.25, 0.3) is 0 Å². The number of hydrogen-bond acceptors (Lipinski definition) is 3. The van der Waals surface area contributed by atoms with Crippen LogP contribution in [-0.4, -0.2) is 7.05 Å². The number of hydroxylamine groups is 2. The fourth-order valence-corrected chi connectivity index (χ4v) is 5.48. The Balaban J connectivity index is 3.31. The van der Waals surface area contributed by atoms with Crippen LogP contribution in [0.4, 0.5) is 0 Å². The molecule has 0 amide bonds. The zero-order chi connectivity index (χ0) is 8.85. The lowest BCUT2D eigenvalue weighted by molar-refractivity contribution is -0.673. The summed E-state index contributed by atoms with van der Waals surface area (Å²) in [6.07, 6.45) is 0. The Hall–Kier alpha value is 0.670. The summed E-state index contributed by atoms with van der Waals surface area (Å²) in [5, 5.41) is 21.3. The topological polar surface area (TPSA) is 81.0 Å². The molecule has 0 saturated heterocycles. The largest absolute Gasteiger partial charge is 0.633 e. The number of hydrogen-bond donors (Lipinski definition) is 3. The van der Waals surface area contributed by atoms with Crippen LogP contribution in [0, 0.1) is 10.4 Å². The fraction of sp³-hybridized carbons (Fsp3) is 0.333. The lowest BCUT2D eigenvalue weighted by Crippen LogP contribution is -2.98. The van der Waals surface area contributed by atoms with Crippen LogP contribution in [-0.2, 0) is 0 Å². The van der Waals surface area contributed by atoms with E-state index in [1.807, 2.05) is 0 Å². The van der Waals surface area contributed by atoms with E-state index in [0.29, 0.717) is 7.96 Å². The molecule has 4 N–H and O–H groups in total. The molecule has 0 heterocycles. The van der Waals surface area contributed by atoms with Gasteiger partial charge in [-0.1, -0.05) is 0 Å². The first-order valence-electron chi connectivity index (χ1n) is 2.80. The van der Waals surface area contributed by atoms with Crippen molar-refractivity contribution in [1.29, 1.82) is 0 Å². The van der Waals surface area contributed by atoms with Crippen molar-refractivity contribution in [1.82, 2.24) is 0 Å². The molecule has 0 aliphatic heterocycles. The van der Waals surface area contributed by atoms with Gasteiger partial charge in [-0.2, -0.15) is 0 Å². The number of nitrogens with one attached hydrogen (secondary N) is 2. The van der Waals surface area contributed by atoms with Gasteiger partial charge in [0.15, 0.2) is 5.82 Å².